The Kier molecular flexibility index (Phi) is 12.7. The fraction of sp³-hybridized carbons (Fsp3) is 0.706. The molecule has 28 heavy (non-hydrogen) atoms. The fourth-order valence-corrected chi connectivity index (χ4v) is 2.32. The van der Waals surface area contributed by atoms with E-state index in [1.54, 1.807) is 13.8 Å². The first-order chi connectivity index (χ1) is 13.1. The summed E-state index contributed by atoms with van der Waals surface area (Å²) in [4.78, 5) is 58.9. The van der Waals surface area contributed by atoms with Gasteiger partial charge in [0.15, 0.2) is 0 Å². The number of thioether (sulfide) groups is 1. The molecule has 0 aromatic heterocycles. The molecule has 0 aromatic rings. The van der Waals surface area contributed by atoms with Crippen molar-refractivity contribution < 1.29 is 34.4 Å². The van der Waals surface area contributed by atoms with E-state index in [4.69, 9.17) is 0 Å². The number of carbonyl (C=O) groups excluding carboxylic acids is 5. The summed E-state index contributed by atoms with van der Waals surface area (Å²) in [7, 11) is 1.19. The lowest BCUT2D eigenvalue weighted by atomic mass is 10.1. The molecule has 0 fully saturated rings. The summed E-state index contributed by atoms with van der Waals surface area (Å²) in [5, 5.41) is 9.85. The summed E-state index contributed by atoms with van der Waals surface area (Å²) < 4.78 is 4.38. The molecule has 0 aliphatic heterocycles. The minimum absolute atomic E-state index is 0. The third-order valence-corrected chi connectivity index (χ3v) is 4.24. The highest BCUT2D eigenvalue weighted by Crippen LogP contribution is 2.03. The highest BCUT2D eigenvalue weighted by atomic mass is 32.2. The molecule has 168 valence electrons. The molecule has 11 heteroatoms. The average Bonchev–Trinajstić information content (AvgIpc) is 2.66. The van der Waals surface area contributed by atoms with Crippen molar-refractivity contribution in [3.63, 3.8) is 0 Å². The molecule has 0 bridgehead atoms. The number of nitrogens with one attached hydrogen (secondary N) is 4. The number of amides is 4. The quantitative estimate of drug-likeness (QED) is 0.316. The monoisotopic (exact) mass is 426 g/mol. The van der Waals surface area contributed by atoms with E-state index in [0.717, 1.165) is 0 Å². The average molecular weight is 427 g/mol. The molecule has 0 saturated heterocycles. The van der Waals surface area contributed by atoms with Crippen LogP contribution in [0.4, 0.5) is 0 Å². The van der Waals surface area contributed by atoms with Gasteiger partial charge in [-0.2, -0.15) is 11.8 Å². The van der Waals surface area contributed by atoms with Crippen molar-refractivity contribution in [3.8, 4) is 0 Å². The van der Waals surface area contributed by atoms with Gasteiger partial charge < -0.3 is 26.0 Å². The lowest BCUT2D eigenvalue weighted by Crippen LogP contribution is -2.54. The third kappa shape index (κ3) is 10.8. The van der Waals surface area contributed by atoms with Gasteiger partial charge in [0.05, 0.1) is 13.7 Å². The van der Waals surface area contributed by atoms with Gasteiger partial charge in [0.2, 0.25) is 23.6 Å². The second-order valence-corrected chi connectivity index (χ2v) is 7.28. The summed E-state index contributed by atoms with van der Waals surface area (Å²) in [5.41, 5.74) is 0. The Morgan fingerprint density at radius 2 is 1.57 bits per heavy atom. The van der Waals surface area contributed by atoms with Crippen LogP contribution in [-0.4, -0.2) is 73.9 Å². The SMILES string of the molecule is COC(=O)CNC(=O)CNC(=O)[C@H](C)NC(=O)[C@H](CCSC)NC(=O)C(C)C.[HH].[HH].[HH].[HH]. The van der Waals surface area contributed by atoms with E-state index in [-0.39, 0.29) is 30.6 Å². The van der Waals surface area contributed by atoms with Crippen LogP contribution in [0.1, 0.15) is 32.9 Å². The highest BCUT2D eigenvalue weighted by molar-refractivity contribution is 7.98. The number of ether oxygens (including phenoxy) is 1. The topological polar surface area (TPSA) is 143 Å². The van der Waals surface area contributed by atoms with E-state index in [0.29, 0.717) is 12.2 Å². The van der Waals surface area contributed by atoms with E-state index >= 15 is 0 Å². The van der Waals surface area contributed by atoms with Crippen molar-refractivity contribution in [2.24, 2.45) is 5.92 Å². The largest absolute Gasteiger partial charge is 0.468 e. The zero-order valence-electron chi connectivity index (χ0n) is 16.9. The molecular formula is C17H38N4O6S. The van der Waals surface area contributed by atoms with Crippen LogP contribution in [0, 0.1) is 5.92 Å². The van der Waals surface area contributed by atoms with Gasteiger partial charge in [0.1, 0.15) is 18.6 Å². The molecule has 0 aliphatic rings. The Balaban J connectivity index is -0.000000607. The number of hydrogen-bond donors (Lipinski definition) is 4. The molecule has 0 heterocycles. The maximum Gasteiger partial charge on any atom is 0.325 e. The van der Waals surface area contributed by atoms with Gasteiger partial charge in [-0.15, -0.1) is 0 Å². The molecule has 10 nitrogen and oxygen atoms in total. The number of methoxy groups -OCH3 is 1. The molecule has 0 spiro atoms. The van der Waals surface area contributed by atoms with Crippen molar-refractivity contribution in [2.45, 2.75) is 39.3 Å². The van der Waals surface area contributed by atoms with E-state index in [9.17, 15) is 24.0 Å². The van der Waals surface area contributed by atoms with E-state index in [1.807, 2.05) is 6.26 Å². The van der Waals surface area contributed by atoms with E-state index in [1.165, 1.54) is 25.8 Å². The predicted octanol–water partition coefficient (Wildman–Crippen LogP) is -0.226. The van der Waals surface area contributed by atoms with Crippen LogP contribution in [0.15, 0.2) is 0 Å². The molecule has 0 aromatic carbocycles. The second-order valence-electron chi connectivity index (χ2n) is 6.30. The molecule has 0 aliphatic carbocycles. The summed E-state index contributed by atoms with van der Waals surface area (Å²) in [6.07, 6.45) is 2.32. The van der Waals surface area contributed by atoms with Gasteiger partial charge >= 0.3 is 5.97 Å². The Morgan fingerprint density at radius 3 is 2.11 bits per heavy atom. The molecule has 4 N–H and O–H groups in total. The minimum Gasteiger partial charge on any atom is -0.468 e. The fourth-order valence-electron chi connectivity index (χ4n) is 1.85. The van der Waals surface area contributed by atoms with Gasteiger partial charge in [-0.1, -0.05) is 13.8 Å². The second kappa shape index (κ2) is 13.8. The minimum atomic E-state index is -0.909. The van der Waals surface area contributed by atoms with Gasteiger partial charge in [0.25, 0.3) is 0 Å². The predicted molar refractivity (Wildman–Crippen MR) is 114 cm³/mol. The van der Waals surface area contributed by atoms with Crippen LogP contribution in [0.2, 0.25) is 0 Å². The number of carbonyl (C=O) groups is 5. The number of hydrogen-bond acceptors (Lipinski definition) is 7. The first kappa shape index (κ1) is 25.7. The van der Waals surface area contributed by atoms with Crippen molar-refractivity contribution in [3.05, 3.63) is 0 Å². The third-order valence-electron chi connectivity index (χ3n) is 3.60. The van der Waals surface area contributed by atoms with E-state index in [2.05, 4.69) is 26.0 Å². The lowest BCUT2D eigenvalue weighted by Gasteiger charge is -2.21. The number of rotatable bonds is 12. The molecular weight excluding hydrogens is 388 g/mol. The Morgan fingerprint density at radius 1 is 0.929 bits per heavy atom. The van der Waals surface area contributed by atoms with Crippen LogP contribution in [0.25, 0.3) is 0 Å². The summed E-state index contributed by atoms with van der Waals surface area (Å²) in [6.45, 7) is 4.26. The Labute approximate surface area is 175 Å². The smallest absolute Gasteiger partial charge is 0.325 e. The number of esters is 1. The summed E-state index contributed by atoms with van der Waals surface area (Å²) in [5.74, 6) is -2.08. The zero-order chi connectivity index (χ0) is 21.7. The van der Waals surface area contributed by atoms with Crippen LogP contribution >= 0.6 is 11.8 Å². The van der Waals surface area contributed by atoms with Crippen molar-refractivity contribution in [2.75, 3.05) is 32.2 Å². The van der Waals surface area contributed by atoms with Gasteiger partial charge in [-0.05, 0) is 25.4 Å². The normalized spacial score (nSPS) is 12.5. The maximum atomic E-state index is 12.4. The van der Waals surface area contributed by atoms with Gasteiger partial charge in [-0.25, -0.2) is 0 Å². The van der Waals surface area contributed by atoms with E-state index < -0.39 is 35.8 Å². The summed E-state index contributed by atoms with van der Waals surface area (Å²) in [6, 6.07) is -1.66. The molecule has 4 amide bonds. The van der Waals surface area contributed by atoms with Gasteiger partial charge in [-0.3, -0.25) is 24.0 Å². The van der Waals surface area contributed by atoms with Crippen molar-refractivity contribution >= 4 is 41.4 Å². The maximum absolute atomic E-state index is 12.4. The Hall–Kier alpha value is -2.30. The first-order valence-corrected chi connectivity index (χ1v) is 10.2. The lowest BCUT2D eigenvalue weighted by molar-refractivity contribution is -0.141. The molecule has 0 saturated carbocycles. The van der Waals surface area contributed by atoms with Gasteiger partial charge in [0, 0.05) is 11.6 Å². The van der Waals surface area contributed by atoms with Crippen molar-refractivity contribution in [1.82, 2.24) is 21.3 Å². The molecule has 0 radical (unpaired) electrons. The van der Waals surface area contributed by atoms with Crippen LogP contribution in [0.3, 0.4) is 0 Å². The molecule has 0 rings (SSSR count). The standard InChI is InChI=1S/C17H30N4O6S.4H2/c1-10(2)15(24)21-12(6-7-28-5)17(26)20-11(3)16(25)19-8-13(22)18-9-14(23)27-4;;;;/h10-12H,6-9H2,1-5H3,(H,18,22)(H,19,25)(H,20,26)(H,21,24);4*1H/t11-,12-;;;;/m0..../s1. The van der Waals surface area contributed by atoms with Crippen LogP contribution in [0.5, 0.6) is 0 Å². The zero-order valence-corrected chi connectivity index (χ0v) is 17.7. The van der Waals surface area contributed by atoms with Crippen LogP contribution < -0.4 is 21.3 Å². The Bertz CT molecular complexity index is 587. The van der Waals surface area contributed by atoms with Crippen molar-refractivity contribution in [1.29, 1.82) is 0 Å². The van der Waals surface area contributed by atoms with Crippen LogP contribution in [-0.2, 0) is 28.7 Å². The summed E-state index contributed by atoms with van der Waals surface area (Å²) >= 11 is 1.54. The molecule has 2 atom stereocenters. The molecule has 0 unspecified atom stereocenters. The highest BCUT2D eigenvalue weighted by Gasteiger charge is 2.25. The first-order valence-electron chi connectivity index (χ1n) is 8.83.